The Hall–Kier alpha value is 1.31. The summed E-state index contributed by atoms with van der Waals surface area (Å²) in [4.78, 5) is 0. The van der Waals surface area contributed by atoms with Crippen molar-refractivity contribution in [2.45, 2.75) is 12.7 Å². The Morgan fingerprint density at radius 1 is 1.30 bits per heavy atom. The van der Waals surface area contributed by atoms with Crippen LogP contribution in [0.1, 0.15) is 6.42 Å². The molecule has 0 spiro atoms. The van der Waals surface area contributed by atoms with Gasteiger partial charge in [-0.2, -0.15) is 0 Å². The fraction of sp³-hybridized carbons (Fsp3) is 1.00. The van der Waals surface area contributed by atoms with Crippen molar-refractivity contribution in [3.8, 4) is 0 Å². The number of halogens is 2. The zero-order valence-corrected chi connectivity index (χ0v) is 9.49. The fourth-order valence-corrected chi connectivity index (χ4v) is 2.61. The molecule has 1 fully saturated rings. The Bertz CT molecular complexity index is 95.6. The van der Waals surface area contributed by atoms with Gasteiger partial charge in [0.15, 0.2) is 6.29 Å². The first-order chi connectivity index (χ1) is 4.79. The highest BCUT2D eigenvalue weighted by molar-refractivity contribution is 9.69. The topological polar surface area (TPSA) is 18.5 Å². The van der Waals surface area contributed by atoms with Crippen LogP contribution in [0.2, 0.25) is 0 Å². The maximum absolute atomic E-state index is 5.32. The largest absolute Gasteiger partial charge is 0.352 e. The van der Waals surface area contributed by atoms with E-state index >= 15 is 0 Å². The van der Waals surface area contributed by atoms with Crippen molar-refractivity contribution >= 4 is 36.3 Å². The average Bonchev–Trinajstić information content (AvgIpc) is 1.88. The standard InChI is InChI=1S/C5H9Br2O2P/c6-10(7)4-5-8-2-1-3-9-5/h5H,1-4H2. The molecule has 0 aromatic heterocycles. The lowest BCUT2D eigenvalue weighted by Gasteiger charge is -2.23. The Morgan fingerprint density at radius 3 is 2.40 bits per heavy atom. The first kappa shape index (κ1) is 9.40. The van der Waals surface area contributed by atoms with E-state index in [0.29, 0.717) is 0 Å². The number of rotatable bonds is 2. The summed E-state index contributed by atoms with van der Waals surface area (Å²) in [6.45, 7) is 1.68. The van der Waals surface area contributed by atoms with Gasteiger partial charge in [-0.05, 0) is 37.4 Å². The van der Waals surface area contributed by atoms with E-state index in [1.807, 2.05) is 0 Å². The van der Waals surface area contributed by atoms with Gasteiger partial charge in [-0.15, -0.1) is 0 Å². The molecule has 2 nitrogen and oxygen atoms in total. The second-order valence-electron chi connectivity index (χ2n) is 2.01. The van der Waals surface area contributed by atoms with Gasteiger partial charge >= 0.3 is 0 Å². The monoisotopic (exact) mass is 290 g/mol. The molecule has 0 aromatic rings. The fourth-order valence-electron chi connectivity index (χ4n) is 0.755. The van der Waals surface area contributed by atoms with E-state index in [9.17, 15) is 0 Å². The van der Waals surface area contributed by atoms with Gasteiger partial charge in [-0.1, -0.05) is 0 Å². The average molecular weight is 292 g/mol. The van der Waals surface area contributed by atoms with E-state index in [4.69, 9.17) is 9.47 Å². The molecule has 0 aliphatic carbocycles. The molecular weight excluding hydrogens is 283 g/mol. The van der Waals surface area contributed by atoms with Gasteiger partial charge in [-0.25, -0.2) is 0 Å². The maximum Gasteiger partial charge on any atom is 0.162 e. The van der Waals surface area contributed by atoms with E-state index in [1.165, 1.54) is 0 Å². The van der Waals surface area contributed by atoms with Crippen LogP contribution < -0.4 is 0 Å². The van der Waals surface area contributed by atoms with Crippen molar-refractivity contribution < 1.29 is 9.47 Å². The van der Waals surface area contributed by atoms with E-state index in [2.05, 4.69) is 31.0 Å². The van der Waals surface area contributed by atoms with Crippen LogP contribution in [0.15, 0.2) is 0 Å². The van der Waals surface area contributed by atoms with Crippen molar-refractivity contribution in [3.05, 3.63) is 0 Å². The molecule has 1 heterocycles. The lowest BCUT2D eigenvalue weighted by Crippen LogP contribution is -2.26. The van der Waals surface area contributed by atoms with Crippen molar-refractivity contribution in [3.63, 3.8) is 0 Å². The second-order valence-corrected chi connectivity index (χ2v) is 11.0. The van der Waals surface area contributed by atoms with Crippen LogP contribution in [0, 0.1) is 0 Å². The summed E-state index contributed by atoms with van der Waals surface area (Å²) >= 11 is 6.86. The van der Waals surface area contributed by atoms with Gasteiger partial charge in [0.2, 0.25) is 0 Å². The van der Waals surface area contributed by atoms with E-state index in [1.54, 1.807) is 0 Å². The SMILES string of the molecule is BrP(Br)CC1OCCCO1. The van der Waals surface area contributed by atoms with E-state index in [-0.39, 0.29) is 11.6 Å². The highest BCUT2D eigenvalue weighted by Crippen LogP contribution is 2.52. The molecular formula is C5H9Br2O2P. The number of hydrogen-bond acceptors (Lipinski definition) is 2. The van der Waals surface area contributed by atoms with Crippen molar-refractivity contribution in [1.29, 1.82) is 0 Å². The Labute approximate surface area is 77.9 Å². The molecule has 0 amide bonds. The van der Waals surface area contributed by atoms with E-state index < -0.39 is 0 Å². The third kappa shape index (κ3) is 3.63. The van der Waals surface area contributed by atoms with Gasteiger partial charge in [0, 0.05) is 11.5 Å². The molecule has 1 aliphatic rings. The van der Waals surface area contributed by atoms with Crippen LogP contribution in [0.25, 0.3) is 0 Å². The maximum atomic E-state index is 5.32. The first-order valence-corrected chi connectivity index (χ1v) is 8.68. The summed E-state index contributed by atoms with van der Waals surface area (Å²) in [6.07, 6.45) is 1.97. The normalized spacial score (nSPS) is 21.9. The zero-order chi connectivity index (χ0) is 7.40. The highest BCUT2D eigenvalue weighted by Gasteiger charge is 2.16. The minimum absolute atomic E-state index is 0.0126. The highest BCUT2D eigenvalue weighted by atomic mass is 79.9. The summed E-state index contributed by atoms with van der Waals surface area (Å²) in [7, 11) is 0. The molecule has 1 rings (SSSR count). The molecule has 0 N–H and O–H groups in total. The Balaban J connectivity index is 2.13. The first-order valence-electron chi connectivity index (χ1n) is 3.11. The molecule has 5 heteroatoms. The quantitative estimate of drug-likeness (QED) is 0.729. The van der Waals surface area contributed by atoms with Crippen LogP contribution in [-0.4, -0.2) is 25.7 Å². The van der Waals surface area contributed by atoms with E-state index in [0.717, 1.165) is 25.8 Å². The summed E-state index contributed by atoms with van der Waals surface area (Å²) in [5, 5.41) is -0.248. The molecule has 0 bridgehead atoms. The molecule has 0 unspecified atom stereocenters. The minimum Gasteiger partial charge on any atom is -0.352 e. The third-order valence-corrected chi connectivity index (χ3v) is 3.49. The molecule has 0 atom stereocenters. The molecule has 1 saturated heterocycles. The molecule has 1 aliphatic heterocycles. The molecule has 0 saturated carbocycles. The third-order valence-electron chi connectivity index (χ3n) is 1.18. The van der Waals surface area contributed by atoms with Crippen molar-refractivity contribution in [2.75, 3.05) is 19.4 Å². The smallest absolute Gasteiger partial charge is 0.162 e. The van der Waals surface area contributed by atoms with Gasteiger partial charge in [-0.3, -0.25) is 0 Å². The predicted octanol–water partition coefficient (Wildman–Crippen LogP) is 2.85. The summed E-state index contributed by atoms with van der Waals surface area (Å²) < 4.78 is 10.6. The van der Waals surface area contributed by atoms with Crippen LogP contribution in [0.4, 0.5) is 0 Å². The molecule has 0 radical (unpaired) electrons. The van der Waals surface area contributed by atoms with Crippen LogP contribution >= 0.6 is 36.3 Å². The lowest BCUT2D eigenvalue weighted by atomic mass is 10.4. The summed E-state index contributed by atoms with van der Waals surface area (Å²) in [5.41, 5.74) is 0. The Morgan fingerprint density at radius 2 is 1.90 bits per heavy atom. The van der Waals surface area contributed by atoms with Crippen LogP contribution in [0.5, 0.6) is 0 Å². The van der Waals surface area contributed by atoms with Crippen LogP contribution in [-0.2, 0) is 9.47 Å². The predicted molar refractivity (Wildman–Crippen MR) is 50.0 cm³/mol. The van der Waals surface area contributed by atoms with Gasteiger partial charge < -0.3 is 9.47 Å². The zero-order valence-electron chi connectivity index (χ0n) is 5.43. The molecule has 60 valence electrons. The summed E-state index contributed by atoms with van der Waals surface area (Å²) in [5.74, 6) is 0. The van der Waals surface area contributed by atoms with Crippen molar-refractivity contribution in [1.82, 2.24) is 0 Å². The Kier molecular flexibility index (Phi) is 4.74. The van der Waals surface area contributed by atoms with Gasteiger partial charge in [0.1, 0.15) is 0 Å². The number of ether oxygens (including phenoxy) is 2. The van der Waals surface area contributed by atoms with Crippen molar-refractivity contribution in [2.24, 2.45) is 0 Å². The van der Waals surface area contributed by atoms with Gasteiger partial charge in [0.05, 0.1) is 13.2 Å². The van der Waals surface area contributed by atoms with Gasteiger partial charge in [0.25, 0.3) is 0 Å². The number of hydrogen-bond donors (Lipinski definition) is 0. The van der Waals surface area contributed by atoms with Crippen LogP contribution in [0.3, 0.4) is 0 Å². The lowest BCUT2D eigenvalue weighted by molar-refractivity contribution is -0.164. The molecule has 10 heavy (non-hydrogen) atoms. The molecule has 0 aromatic carbocycles. The second kappa shape index (κ2) is 5.04. The summed E-state index contributed by atoms with van der Waals surface area (Å²) in [6, 6.07) is 0. The minimum atomic E-state index is -0.248.